The van der Waals surface area contributed by atoms with Gasteiger partial charge in [0.1, 0.15) is 6.54 Å². The summed E-state index contributed by atoms with van der Waals surface area (Å²) in [5, 5.41) is 0.703. The van der Waals surface area contributed by atoms with Crippen LogP contribution in [0, 0.1) is 11.3 Å². The van der Waals surface area contributed by atoms with Gasteiger partial charge in [-0.05, 0) is 60.4 Å². The van der Waals surface area contributed by atoms with E-state index in [1.54, 1.807) is 19.0 Å². The van der Waals surface area contributed by atoms with Crippen molar-refractivity contribution in [2.45, 2.75) is 38.1 Å². The number of likely N-dealkylation sites (tertiary alicyclic amines) is 1. The second kappa shape index (κ2) is 9.30. The fourth-order valence-electron chi connectivity index (χ4n) is 5.70. The smallest absolute Gasteiger partial charge is 0.241 e. The van der Waals surface area contributed by atoms with Crippen molar-refractivity contribution in [1.82, 2.24) is 14.7 Å². The topological polar surface area (TPSA) is 60.9 Å². The molecule has 3 amide bonds. The van der Waals surface area contributed by atoms with Crippen molar-refractivity contribution < 1.29 is 14.4 Å². The van der Waals surface area contributed by atoms with Gasteiger partial charge in [-0.15, -0.1) is 0 Å². The van der Waals surface area contributed by atoms with Crippen molar-refractivity contribution in [3.05, 3.63) is 70.2 Å². The molecule has 6 nitrogen and oxygen atoms in total. The number of carbonyl (C=O) groups is 3. The number of rotatable bonds is 4. The van der Waals surface area contributed by atoms with E-state index < -0.39 is 5.41 Å². The van der Waals surface area contributed by atoms with Gasteiger partial charge in [0.2, 0.25) is 17.7 Å². The molecule has 0 N–H and O–H groups in total. The number of nitrogens with zero attached hydrogens (tertiary/aromatic N) is 3. The first-order valence-corrected chi connectivity index (χ1v) is 12.8. The van der Waals surface area contributed by atoms with E-state index in [-0.39, 0.29) is 36.1 Å². The predicted molar refractivity (Wildman–Crippen MR) is 135 cm³/mol. The summed E-state index contributed by atoms with van der Waals surface area (Å²) in [4.78, 5) is 44.9. The summed E-state index contributed by atoms with van der Waals surface area (Å²) in [5.41, 5.74) is 2.87. The van der Waals surface area contributed by atoms with Crippen LogP contribution in [0.5, 0.6) is 0 Å². The van der Waals surface area contributed by atoms with Crippen molar-refractivity contribution in [1.29, 1.82) is 0 Å². The molecule has 35 heavy (non-hydrogen) atoms. The molecule has 2 aliphatic heterocycles. The van der Waals surface area contributed by atoms with Crippen molar-refractivity contribution in [3.63, 3.8) is 0 Å². The van der Waals surface area contributed by atoms with Crippen LogP contribution in [0.2, 0.25) is 5.02 Å². The SMILES string of the molecule is CN(C)C(=O)CN1Cc2ccccc2CC2(CCN(C(=O)C3CC3c3ccc(Cl)cc3)CC2)C1=O. The molecule has 2 aromatic carbocycles. The molecule has 0 aromatic heterocycles. The van der Waals surface area contributed by atoms with E-state index in [4.69, 9.17) is 11.6 Å². The van der Waals surface area contributed by atoms with Crippen LogP contribution >= 0.6 is 11.6 Å². The summed E-state index contributed by atoms with van der Waals surface area (Å²) in [6, 6.07) is 15.9. The summed E-state index contributed by atoms with van der Waals surface area (Å²) < 4.78 is 0. The molecule has 1 spiro atoms. The molecule has 2 heterocycles. The molecule has 184 valence electrons. The Morgan fingerprint density at radius 1 is 1.03 bits per heavy atom. The molecule has 5 rings (SSSR count). The van der Waals surface area contributed by atoms with Gasteiger partial charge in [-0.1, -0.05) is 48.0 Å². The highest BCUT2D eigenvalue weighted by Gasteiger charge is 2.50. The van der Waals surface area contributed by atoms with Crippen molar-refractivity contribution in [3.8, 4) is 0 Å². The van der Waals surface area contributed by atoms with E-state index in [9.17, 15) is 14.4 Å². The average Bonchev–Trinajstić information content (AvgIpc) is 3.66. The lowest BCUT2D eigenvalue weighted by atomic mass is 9.72. The molecule has 2 fully saturated rings. The summed E-state index contributed by atoms with van der Waals surface area (Å²) in [6.07, 6.45) is 2.77. The average molecular weight is 494 g/mol. The summed E-state index contributed by atoms with van der Waals surface area (Å²) in [5.74, 6) is 0.435. The van der Waals surface area contributed by atoms with E-state index in [0.29, 0.717) is 43.9 Å². The summed E-state index contributed by atoms with van der Waals surface area (Å²) >= 11 is 6.01. The van der Waals surface area contributed by atoms with Gasteiger partial charge in [0, 0.05) is 44.7 Å². The van der Waals surface area contributed by atoms with Gasteiger partial charge >= 0.3 is 0 Å². The van der Waals surface area contributed by atoms with Crippen LogP contribution in [-0.2, 0) is 27.3 Å². The number of piperidine rings is 1. The number of carbonyl (C=O) groups excluding carboxylic acids is 3. The molecular weight excluding hydrogens is 462 g/mol. The Hall–Kier alpha value is -2.86. The molecule has 0 bridgehead atoms. The monoisotopic (exact) mass is 493 g/mol. The van der Waals surface area contributed by atoms with Crippen LogP contribution in [-0.4, -0.2) is 66.2 Å². The number of halogens is 1. The zero-order chi connectivity index (χ0) is 24.7. The van der Waals surface area contributed by atoms with Crippen molar-refractivity contribution >= 4 is 29.3 Å². The third kappa shape index (κ3) is 4.68. The fraction of sp³-hybridized carbons (Fsp3) is 0.464. The highest BCUT2D eigenvalue weighted by molar-refractivity contribution is 6.30. The molecule has 2 atom stereocenters. The highest BCUT2D eigenvalue weighted by Crippen LogP contribution is 2.49. The molecule has 1 aliphatic carbocycles. The number of amides is 3. The lowest BCUT2D eigenvalue weighted by Crippen LogP contribution is -2.52. The number of fused-ring (bicyclic) bond motifs is 1. The Morgan fingerprint density at radius 2 is 1.69 bits per heavy atom. The lowest BCUT2D eigenvalue weighted by Gasteiger charge is -2.42. The molecule has 1 saturated carbocycles. The predicted octanol–water partition coefficient (Wildman–Crippen LogP) is 3.73. The first-order valence-electron chi connectivity index (χ1n) is 12.4. The van der Waals surface area contributed by atoms with Crippen LogP contribution in [0.4, 0.5) is 0 Å². The van der Waals surface area contributed by atoms with Gasteiger partial charge in [-0.3, -0.25) is 14.4 Å². The van der Waals surface area contributed by atoms with E-state index in [0.717, 1.165) is 17.5 Å². The Bertz CT molecular complexity index is 1140. The minimum absolute atomic E-state index is 0.0185. The number of hydrogen-bond donors (Lipinski definition) is 0. The van der Waals surface area contributed by atoms with Gasteiger partial charge in [-0.25, -0.2) is 0 Å². The normalized spacial score (nSPS) is 23.0. The minimum Gasteiger partial charge on any atom is -0.347 e. The highest BCUT2D eigenvalue weighted by atomic mass is 35.5. The Kier molecular flexibility index (Phi) is 6.34. The summed E-state index contributed by atoms with van der Waals surface area (Å²) in [6.45, 7) is 1.68. The molecule has 2 aromatic rings. The first kappa shape index (κ1) is 23.9. The molecular formula is C28H32ClN3O3. The van der Waals surface area contributed by atoms with Crippen LogP contribution < -0.4 is 0 Å². The molecule has 1 saturated heterocycles. The van der Waals surface area contributed by atoms with Gasteiger partial charge < -0.3 is 14.7 Å². The minimum atomic E-state index is -0.574. The van der Waals surface area contributed by atoms with E-state index in [2.05, 4.69) is 12.1 Å². The zero-order valence-corrected chi connectivity index (χ0v) is 21.1. The number of hydrogen-bond acceptors (Lipinski definition) is 3. The second-order valence-corrected chi connectivity index (χ2v) is 10.9. The number of benzene rings is 2. The third-order valence-electron chi connectivity index (χ3n) is 8.01. The molecule has 7 heteroatoms. The molecule has 3 aliphatic rings. The Morgan fingerprint density at radius 3 is 2.34 bits per heavy atom. The van der Waals surface area contributed by atoms with E-state index in [1.807, 2.05) is 41.3 Å². The van der Waals surface area contributed by atoms with E-state index >= 15 is 0 Å². The fourth-order valence-corrected chi connectivity index (χ4v) is 5.82. The summed E-state index contributed by atoms with van der Waals surface area (Å²) in [7, 11) is 3.43. The van der Waals surface area contributed by atoms with Gasteiger partial charge in [0.15, 0.2) is 0 Å². The van der Waals surface area contributed by atoms with Crippen molar-refractivity contribution in [2.24, 2.45) is 11.3 Å². The van der Waals surface area contributed by atoms with Gasteiger partial charge in [0.25, 0.3) is 0 Å². The third-order valence-corrected chi connectivity index (χ3v) is 8.26. The maximum Gasteiger partial charge on any atom is 0.241 e. The standard InChI is InChI=1S/C28H32ClN3O3/c1-30(2)25(33)18-32-17-21-6-4-3-5-20(21)16-28(27(32)35)11-13-31(14-12-28)26(34)24-15-23(24)19-7-9-22(29)10-8-19/h3-10,23-24H,11-18H2,1-2H3. The largest absolute Gasteiger partial charge is 0.347 e. The van der Waals surface area contributed by atoms with Gasteiger partial charge in [0.05, 0.1) is 5.41 Å². The van der Waals surface area contributed by atoms with Crippen LogP contribution in [0.15, 0.2) is 48.5 Å². The zero-order valence-electron chi connectivity index (χ0n) is 20.4. The van der Waals surface area contributed by atoms with Crippen LogP contribution in [0.1, 0.15) is 41.9 Å². The second-order valence-electron chi connectivity index (χ2n) is 10.5. The van der Waals surface area contributed by atoms with Crippen LogP contribution in [0.25, 0.3) is 0 Å². The van der Waals surface area contributed by atoms with E-state index in [1.165, 1.54) is 10.5 Å². The molecule has 0 radical (unpaired) electrons. The maximum absolute atomic E-state index is 13.9. The number of likely N-dealkylation sites (N-methyl/N-ethyl adjacent to an activating group) is 1. The quantitative estimate of drug-likeness (QED) is 0.652. The van der Waals surface area contributed by atoms with Gasteiger partial charge in [-0.2, -0.15) is 0 Å². The maximum atomic E-state index is 13.9. The Balaban J connectivity index is 1.30. The molecule has 2 unspecified atom stereocenters. The lowest BCUT2D eigenvalue weighted by molar-refractivity contribution is -0.151. The Labute approximate surface area is 211 Å². The van der Waals surface area contributed by atoms with Crippen LogP contribution in [0.3, 0.4) is 0 Å². The first-order chi connectivity index (χ1) is 16.8. The van der Waals surface area contributed by atoms with Crippen molar-refractivity contribution in [2.75, 3.05) is 33.7 Å².